The average Bonchev–Trinajstić information content (AvgIpc) is 3.02. The van der Waals surface area contributed by atoms with E-state index in [-0.39, 0.29) is 11.9 Å². The molecule has 0 aliphatic heterocycles. The molecule has 3 aromatic heterocycles. The smallest absolute Gasteiger partial charge is 0.273 e. The Morgan fingerprint density at radius 1 is 1.29 bits per heavy atom. The Balaban J connectivity index is 1.93. The molecule has 0 radical (unpaired) electrons. The summed E-state index contributed by atoms with van der Waals surface area (Å²) in [4.78, 5) is 24.9. The summed E-state index contributed by atoms with van der Waals surface area (Å²) in [6.45, 7) is 6.89. The minimum absolute atomic E-state index is 0.0373. The highest BCUT2D eigenvalue weighted by Crippen LogP contribution is 2.22. The molecule has 3 rings (SSSR count). The van der Waals surface area contributed by atoms with Crippen molar-refractivity contribution in [2.45, 2.75) is 39.8 Å². The standard InChI is InChI=1S/C19H21N3OS/c1-4-14(3)22(12-17-13(2)9-11-24-17)19(23)16-8-7-15-6-5-10-20-18(15)21-16/h5-11,14H,4,12H2,1-3H3/t14-/m1/s1. The molecule has 0 N–H and O–H groups in total. The Hall–Kier alpha value is -2.27. The van der Waals surface area contributed by atoms with E-state index in [9.17, 15) is 4.79 Å². The zero-order chi connectivity index (χ0) is 17.1. The van der Waals surface area contributed by atoms with Crippen LogP contribution in [0.1, 0.15) is 41.2 Å². The average molecular weight is 339 g/mol. The number of aromatic nitrogens is 2. The zero-order valence-electron chi connectivity index (χ0n) is 14.2. The Morgan fingerprint density at radius 3 is 2.83 bits per heavy atom. The van der Waals surface area contributed by atoms with Crippen molar-refractivity contribution in [3.8, 4) is 0 Å². The van der Waals surface area contributed by atoms with Gasteiger partial charge in [-0.2, -0.15) is 0 Å². The number of pyridine rings is 2. The van der Waals surface area contributed by atoms with E-state index in [1.165, 1.54) is 10.4 Å². The molecule has 0 unspecified atom stereocenters. The molecule has 0 saturated carbocycles. The number of aryl methyl sites for hydroxylation is 1. The summed E-state index contributed by atoms with van der Waals surface area (Å²) < 4.78 is 0. The monoisotopic (exact) mass is 339 g/mol. The summed E-state index contributed by atoms with van der Waals surface area (Å²) in [5.74, 6) is -0.0373. The molecule has 24 heavy (non-hydrogen) atoms. The first-order valence-corrected chi connectivity index (χ1v) is 9.03. The molecular weight excluding hydrogens is 318 g/mol. The fourth-order valence-electron chi connectivity index (χ4n) is 2.59. The molecule has 0 aromatic carbocycles. The molecule has 1 atom stereocenters. The van der Waals surface area contributed by atoms with E-state index in [1.54, 1.807) is 23.6 Å². The highest BCUT2D eigenvalue weighted by atomic mass is 32.1. The van der Waals surface area contributed by atoms with Crippen molar-refractivity contribution >= 4 is 28.3 Å². The zero-order valence-corrected chi connectivity index (χ0v) is 15.0. The quantitative estimate of drug-likeness (QED) is 0.690. The maximum absolute atomic E-state index is 13.1. The van der Waals surface area contributed by atoms with E-state index in [0.29, 0.717) is 17.9 Å². The van der Waals surface area contributed by atoms with E-state index in [2.05, 4.69) is 42.2 Å². The van der Waals surface area contributed by atoms with Gasteiger partial charge in [-0.25, -0.2) is 9.97 Å². The Morgan fingerprint density at radius 2 is 2.12 bits per heavy atom. The number of nitrogens with zero attached hydrogens (tertiary/aromatic N) is 3. The summed E-state index contributed by atoms with van der Waals surface area (Å²) >= 11 is 1.69. The summed E-state index contributed by atoms with van der Waals surface area (Å²) in [6.07, 6.45) is 2.60. The van der Waals surface area contributed by atoms with E-state index in [0.717, 1.165) is 11.8 Å². The first-order valence-electron chi connectivity index (χ1n) is 8.16. The Labute approximate surface area is 146 Å². The molecule has 0 bridgehead atoms. The lowest BCUT2D eigenvalue weighted by molar-refractivity contribution is 0.0668. The molecular formula is C19H21N3OS. The predicted molar refractivity (Wildman–Crippen MR) is 98.2 cm³/mol. The molecule has 0 spiro atoms. The first kappa shape index (κ1) is 16.6. The highest BCUT2D eigenvalue weighted by Gasteiger charge is 2.23. The van der Waals surface area contributed by atoms with Crippen molar-refractivity contribution in [1.82, 2.24) is 14.9 Å². The van der Waals surface area contributed by atoms with Crippen LogP contribution in [0.5, 0.6) is 0 Å². The molecule has 0 saturated heterocycles. The van der Waals surface area contributed by atoms with Gasteiger partial charge in [-0.15, -0.1) is 11.3 Å². The fourth-order valence-corrected chi connectivity index (χ4v) is 3.49. The van der Waals surface area contributed by atoms with E-state index < -0.39 is 0 Å². The second kappa shape index (κ2) is 7.09. The van der Waals surface area contributed by atoms with Crippen LogP contribution in [-0.4, -0.2) is 26.8 Å². The van der Waals surface area contributed by atoms with E-state index in [1.807, 2.05) is 23.1 Å². The van der Waals surface area contributed by atoms with Gasteiger partial charge in [-0.05, 0) is 61.5 Å². The Bertz CT molecular complexity index is 858. The van der Waals surface area contributed by atoms with Gasteiger partial charge >= 0.3 is 0 Å². The number of hydrogen-bond donors (Lipinski definition) is 0. The number of carbonyl (C=O) groups is 1. The molecule has 3 heterocycles. The lowest BCUT2D eigenvalue weighted by Crippen LogP contribution is -2.38. The second-order valence-electron chi connectivity index (χ2n) is 5.96. The number of amides is 1. The molecule has 0 aliphatic carbocycles. The minimum Gasteiger partial charge on any atom is -0.329 e. The summed E-state index contributed by atoms with van der Waals surface area (Å²) in [7, 11) is 0. The van der Waals surface area contributed by atoms with Gasteiger partial charge in [0.1, 0.15) is 5.69 Å². The molecule has 0 aliphatic rings. The van der Waals surface area contributed by atoms with Crippen LogP contribution in [0.4, 0.5) is 0 Å². The molecule has 3 aromatic rings. The molecule has 124 valence electrons. The van der Waals surface area contributed by atoms with Gasteiger partial charge in [-0.3, -0.25) is 4.79 Å². The first-order chi connectivity index (χ1) is 11.6. The van der Waals surface area contributed by atoms with E-state index in [4.69, 9.17) is 0 Å². The Kier molecular flexibility index (Phi) is 4.90. The van der Waals surface area contributed by atoms with Crippen molar-refractivity contribution in [3.63, 3.8) is 0 Å². The molecule has 0 fully saturated rings. The molecule has 1 amide bonds. The van der Waals surface area contributed by atoms with Crippen molar-refractivity contribution in [1.29, 1.82) is 0 Å². The van der Waals surface area contributed by atoms with Crippen LogP contribution < -0.4 is 0 Å². The highest BCUT2D eigenvalue weighted by molar-refractivity contribution is 7.10. The predicted octanol–water partition coefficient (Wildman–Crippen LogP) is 4.44. The normalized spacial score (nSPS) is 12.3. The van der Waals surface area contributed by atoms with Crippen LogP contribution in [0.25, 0.3) is 11.0 Å². The van der Waals surface area contributed by atoms with Gasteiger partial charge in [0.25, 0.3) is 5.91 Å². The van der Waals surface area contributed by atoms with Gasteiger partial charge < -0.3 is 4.90 Å². The van der Waals surface area contributed by atoms with E-state index >= 15 is 0 Å². The lowest BCUT2D eigenvalue weighted by atomic mass is 10.1. The maximum atomic E-state index is 13.1. The summed E-state index contributed by atoms with van der Waals surface area (Å²) in [6, 6.07) is 9.77. The van der Waals surface area contributed by atoms with Crippen LogP contribution in [-0.2, 0) is 6.54 Å². The number of rotatable bonds is 5. The second-order valence-corrected chi connectivity index (χ2v) is 6.96. The summed E-state index contributed by atoms with van der Waals surface area (Å²) in [5.41, 5.74) is 2.30. The minimum atomic E-state index is -0.0373. The fraction of sp³-hybridized carbons (Fsp3) is 0.316. The van der Waals surface area contributed by atoms with Gasteiger partial charge in [-0.1, -0.05) is 6.92 Å². The van der Waals surface area contributed by atoms with Crippen molar-refractivity contribution in [2.75, 3.05) is 0 Å². The van der Waals surface area contributed by atoms with Crippen molar-refractivity contribution < 1.29 is 4.79 Å². The van der Waals surface area contributed by atoms with Gasteiger partial charge in [0.15, 0.2) is 5.65 Å². The number of hydrogen-bond acceptors (Lipinski definition) is 4. The van der Waals surface area contributed by atoms with Crippen molar-refractivity contribution in [3.05, 3.63) is 58.0 Å². The van der Waals surface area contributed by atoms with Crippen LogP contribution in [0.2, 0.25) is 0 Å². The number of thiophene rings is 1. The van der Waals surface area contributed by atoms with Crippen LogP contribution in [0.3, 0.4) is 0 Å². The third-order valence-corrected chi connectivity index (χ3v) is 5.36. The maximum Gasteiger partial charge on any atom is 0.273 e. The number of carbonyl (C=O) groups excluding carboxylic acids is 1. The third kappa shape index (κ3) is 3.31. The van der Waals surface area contributed by atoms with Gasteiger partial charge in [0.2, 0.25) is 0 Å². The van der Waals surface area contributed by atoms with Gasteiger partial charge in [0, 0.05) is 22.5 Å². The largest absolute Gasteiger partial charge is 0.329 e. The summed E-state index contributed by atoms with van der Waals surface area (Å²) in [5, 5.41) is 3.01. The topological polar surface area (TPSA) is 46.1 Å². The van der Waals surface area contributed by atoms with Crippen LogP contribution in [0, 0.1) is 6.92 Å². The third-order valence-electron chi connectivity index (χ3n) is 4.35. The molecule has 5 heteroatoms. The van der Waals surface area contributed by atoms with Crippen LogP contribution in [0.15, 0.2) is 41.9 Å². The number of fused-ring (bicyclic) bond motifs is 1. The lowest BCUT2D eigenvalue weighted by Gasteiger charge is -2.28. The van der Waals surface area contributed by atoms with Gasteiger partial charge in [0.05, 0.1) is 6.54 Å². The SMILES string of the molecule is CC[C@@H](C)N(Cc1sccc1C)C(=O)c1ccc2cccnc2n1. The van der Waals surface area contributed by atoms with Crippen LogP contribution >= 0.6 is 11.3 Å². The molecule has 4 nitrogen and oxygen atoms in total. The van der Waals surface area contributed by atoms with Crippen molar-refractivity contribution in [2.24, 2.45) is 0 Å².